The van der Waals surface area contributed by atoms with Crippen molar-refractivity contribution in [3.8, 4) is 0 Å². The van der Waals surface area contributed by atoms with Crippen LogP contribution in [0, 0.1) is 5.82 Å². The third-order valence-corrected chi connectivity index (χ3v) is 6.62. The van der Waals surface area contributed by atoms with Crippen LogP contribution >= 0.6 is 11.6 Å². The molecule has 2 saturated heterocycles. The number of anilines is 1. The number of rotatable bonds is 8. The number of morpholine rings is 1. The monoisotopic (exact) mass is 538 g/mol. The van der Waals surface area contributed by atoms with Gasteiger partial charge in [-0.25, -0.2) is 9.37 Å². The number of carbonyl (C=O) groups excluding carboxylic acids is 1. The molecule has 11 heteroatoms. The van der Waals surface area contributed by atoms with E-state index in [2.05, 4.69) is 25.1 Å². The number of aromatic nitrogens is 2. The molecule has 38 heavy (non-hydrogen) atoms. The molecule has 2 aromatic carbocycles. The molecule has 1 aromatic heterocycles. The minimum Gasteiger partial charge on any atom is -0.378 e. The average molecular weight is 539 g/mol. The van der Waals surface area contributed by atoms with Crippen LogP contribution in [0.15, 0.2) is 64.8 Å². The number of ether oxygens (including phenoxy) is 2. The summed E-state index contributed by atoms with van der Waals surface area (Å²) in [5, 5.41) is 9.19. The maximum atomic E-state index is 13.2. The maximum absolute atomic E-state index is 13.2. The average Bonchev–Trinajstić information content (AvgIpc) is 3.42. The summed E-state index contributed by atoms with van der Waals surface area (Å²) in [6.45, 7) is 4.34. The smallest absolute Gasteiger partial charge is 0.270 e. The normalized spacial score (nSPS) is 17.9. The van der Waals surface area contributed by atoms with E-state index in [4.69, 9.17) is 21.1 Å². The summed E-state index contributed by atoms with van der Waals surface area (Å²) in [7, 11) is 0. The molecular weight excluding hydrogens is 511 g/mol. The zero-order valence-corrected chi connectivity index (χ0v) is 21.6. The Bertz CT molecular complexity index is 1290. The van der Waals surface area contributed by atoms with E-state index in [-0.39, 0.29) is 30.4 Å². The second kappa shape index (κ2) is 12.4. The fourth-order valence-corrected chi connectivity index (χ4v) is 4.60. The van der Waals surface area contributed by atoms with Crippen LogP contribution in [-0.4, -0.2) is 66.3 Å². The molecule has 0 bridgehead atoms. The van der Waals surface area contributed by atoms with Gasteiger partial charge in [-0.1, -0.05) is 23.7 Å². The molecule has 198 valence electrons. The van der Waals surface area contributed by atoms with Crippen molar-refractivity contribution in [3.05, 3.63) is 82.3 Å². The van der Waals surface area contributed by atoms with Crippen molar-refractivity contribution in [2.45, 2.75) is 25.7 Å². The van der Waals surface area contributed by atoms with Crippen LogP contribution in [-0.2, 0) is 22.6 Å². The number of carbonyl (C=O) groups is 1. The molecule has 3 heterocycles. The number of likely N-dealkylation sites (tertiary alicyclic amines) is 1. The Balaban J connectivity index is 1.24. The summed E-state index contributed by atoms with van der Waals surface area (Å²) in [5.41, 5.74) is 2.09. The predicted octanol–water partition coefficient (Wildman–Crippen LogP) is 4.82. The maximum Gasteiger partial charge on any atom is 0.270 e. The van der Waals surface area contributed by atoms with Gasteiger partial charge in [0, 0.05) is 42.8 Å². The lowest BCUT2D eigenvalue weighted by Crippen LogP contribution is -2.36. The lowest BCUT2D eigenvalue weighted by molar-refractivity contribution is 0.0422. The zero-order valence-electron chi connectivity index (χ0n) is 20.8. The van der Waals surface area contributed by atoms with Gasteiger partial charge in [0.2, 0.25) is 0 Å². The minimum absolute atomic E-state index is 0.129. The zero-order chi connectivity index (χ0) is 26.3. The van der Waals surface area contributed by atoms with Gasteiger partial charge in [0.05, 0.1) is 38.2 Å². The fraction of sp³-hybridized carbons (Fsp3) is 0.370. The van der Waals surface area contributed by atoms with Gasteiger partial charge in [-0.05, 0) is 48.4 Å². The van der Waals surface area contributed by atoms with Crippen LogP contribution < -0.4 is 4.90 Å². The van der Waals surface area contributed by atoms with Crippen LogP contribution in [0.5, 0.6) is 0 Å². The Morgan fingerprint density at radius 1 is 1.11 bits per heavy atom. The van der Waals surface area contributed by atoms with E-state index < -0.39 is 0 Å². The van der Waals surface area contributed by atoms with E-state index in [0.717, 1.165) is 24.5 Å². The Morgan fingerprint density at radius 3 is 2.71 bits per heavy atom. The van der Waals surface area contributed by atoms with Crippen molar-refractivity contribution >= 4 is 29.3 Å². The second-order valence-corrected chi connectivity index (χ2v) is 9.56. The molecular formula is C27H28ClFN6O3. The molecule has 0 N–H and O–H groups in total. The summed E-state index contributed by atoms with van der Waals surface area (Å²) in [5.74, 6) is 0.510. The van der Waals surface area contributed by atoms with Gasteiger partial charge < -0.3 is 19.3 Å². The topological polar surface area (TPSA) is 92.5 Å². The highest BCUT2D eigenvalue weighted by molar-refractivity contribution is 6.30. The summed E-state index contributed by atoms with van der Waals surface area (Å²) < 4.78 is 24.8. The molecule has 5 rings (SSSR count). The van der Waals surface area contributed by atoms with Crippen molar-refractivity contribution in [1.29, 1.82) is 0 Å². The molecule has 0 spiro atoms. The molecule has 3 aromatic rings. The highest BCUT2D eigenvalue weighted by atomic mass is 35.5. The van der Waals surface area contributed by atoms with E-state index in [0.29, 0.717) is 55.5 Å². The first-order chi connectivity index (χ1) is 18.5. The van der Waals surface area contributed by atoms with E-state index >= 15 is 0 Å². The van der Waals surface area contributed by atoms with Crippen molar-refractivity contribution in [1.82, 2.24) is 14.9 Å². The third-order valence-electron chi connectivity index (χ3n) is 6.38. The quantitative estimate of drug-likeness (QED) is 0.382. The summed E-state index contributed by atoms with van der Waals surface area (Å²) in [4.78, 5) is 25.8. The number of hydrogen-bond donors (Lipinski definition) is 0. The van der Waals surface area contributed by atoms with Gasteiger partial charge >= 0.3 is 0 Å². The van der Waals surface area contributed by atoms with E-state index in [1.807, 2.05) is 30.3 Å². The first kappa shape index (κ1) is 26.1. The number of amides is 1. The lowest BCUT2D eigenvalue weighted by Gasteiger charge is -2.28. The molecule has 1 atom stereocenters. The van der Waals surface area contributed by atoms with Gasteiger partial charge in [0.1, 0.15) is 11.6 Å². The van der Waals surface area contributed by atoms with Gasteiger partial charge in [0.25, 0.3) is 11.9 Å². The Morgan fingerprint density at radius 2 is 1.92 bits per heavy atom. The molecule has 1 unspecified atom stereocenters. The minimum atomic E-state index is -0.367. The first-order valence-corrected chi connectivity index (χ1v) is 12.9. The molecule has 2 aliphatic rings. The van der Waals surface area contributed by atoms with Crippen LogP contribution in [0.1, 0.15) is 28.0 Å². The largest absolute Gasteiger partial charge is 0.378 e. The Kier molecular flexibility index (Phi) is 8.52. The van der Waals surface area contributed by atoms with Crippen LogP contribution in [0.25, 0.3) is 0 Å². The Hall–Kier alpha value is -3.47. The summed E-state index contributed by atoms with van der Waals surface area (Å²) >= 11 is 6.06. The number of halogens is 2. The van der Waals surface area contributed by atoms with E-state index in [9.17, 15) is 9.18 Å². The van der Waals surface area contributed by atoms with E-state index in [1.165, 1.54) is 24.3 Å². The van der Waals surface area contributed by atoms with Crippen molar-refractivity contribution in [2.24, 2.45) is 10.2 Å². The molecule has 0 aliphatic carbocycles. The summed E-state index contributed by atoms with van der Waals surface area (Å²) in [6, 6.07) is 15.0. The number of nitrogens with zero attached hydrogens (tertiary/aromatic N) is 6. The number of benzene rings is 2. The van der Waals surface area contributed by atoms with E-state index in [1.54, 1.807) is 4.90 Å². The van der Waals surface area contributed by atoms with Crippen molar-refractivity contribution in [2.75, 3.05) is 44.3 Å². The van der Waals surface area contributed by atoms with Crippen LogP contribution in [0.3, 0.4) is 0 Å². The summed E-state index contributed by atoms with van der Waals surface area (Å²) in [6.07, 6.45) is 0.578. The predicted molar refractivity (Wildman–Crippen MR) is 140 cm³/mol. The standard InChI is InChI=1S/C27H28ClFN6O3/c28-21-3-1-2-19(14-21)16-30-33-27-31-23(15-25(32-27)34-10-12-37-13-11-34)18-38-24-8-9-35(17-24)26(36)20-4-6-22(29)7-5-20/h1-7,14-15,24H,8-13,16-18H2. The number of hydrogen-bond acceptors (Lipinski definition) is 8. The molecule has 2 fully saturated rings. The van der Waals surface area contributed by atoms with Gasteiger partial charge in [-0.2, -0.15) is 10.1 Å². The SMILES string of the molecule is O=C(c1ccc(F)cc1)N1CCC(OCc2cc(N3CCOCC3)nc(N=NCc3cccc(Cl)c3)n2)C1. The fourth-order valence-electron chi connectivity index (χ4n) is 4.39. The van der Waals surface area contributed by atoms with Crippen LogP contribution in [0.4, 0.5) is 16.2 Å². The molecule has 1 amide bonds. The number of azo groups is 1. The lowest BCUT2D eigenvalue weighted by atomic mass is 10.2. The Labute approximate surface area is 225 Å². The van der Waals surface area contributed by atoms with Gasteiger partial charge in [-0.15, -0.1) is 5.11 Å². The van der Waals surface area contributed by atoms with Crippen molar-refractivity contribution < 1.29 is 18.7 Å². The molecule has 0 saturated carbocycles. The van der Waals surface area contributed by atoms with Gasteiger partial charge in [0.15, 0.2) is 0 Å². The third kappa shape index (κ3) is 6.89. The molecule has 2 aliphatic heterocycles. The second-order valence-electron chi connectivity index (χ2n) is 9.13. The van der Waals surface area contributed by atoms with Gasteiger partial charge in [-0.3, -0.25) is 4.79 Å². The highest BCUT2D eigenvalue weighted by Gasteiger charge is 2.28. The van der Waals surface area contributed by atoms with Crippen molar-refractivity contribution in [3.63, 3.8) is 0 Å². The molecule has 0 radical (unpaired) electrons. The highest BCUT2D eigenvalue weighted by Crippen LogP contribution is 2.22. The molecule has 9 nitrogen and oxygen atoms in total. The first-order valence-electron chi connectivity index (χ1n) is 12.5. The van der Waals surface area contributed by atoms with Crippen LogP contribution in [0.2, 0.25) is 5.02 Å².